The number of furan rings is 1. The minimum absolute atomic E-state index is 0.323. The Bertz CT molecular complexity index is 434. The van der Waals surface area contributed by atoms with Crippen molar-refractivity contribution in [3.05, 3.63) is 36.3 Å². The van der Waals surface area contributed by atoms with Crippen LogP contribution in [0.2, 0.25) is 0 Å². The molecule has 0 bridgehead atoms. The Labute approximate surface area is 153 Å². The fourth-order valence-electron chi connectivity index (χ4n) is 3.03. The fraction of sp³-hybridized carbons (Fsp3) is 0.682. The molecule has 0 amide bonds. The Balaban J connectivity index is 1.73. The van der Waals surface area contributed by atoms with E-state index in [0.717, 1.165) is 25.0 Å². The van der Waals surface area contributed by atoms with Gasteiger partial charge in [0.2, 0.25) is 0 Å². The maximum atomic E-state index is 10.4. The van der Waals surface area contributed by atoms with Gasteiger partial charge < -0.3 is 9.52 Å². The molecule has 0 radical (unpaired) electrons. The molecule has 0 aromatic carbocycles. The summed E-state index contributed by atoms with van der Waals surface area (Å²) in [5, 5.41) is 8.55. The first-order valence-corrected chi connectivity index (χ1v) is 10.2. The van der Waals surface area contributed by atoms with E-state index in [1.807, 2.05) is 6.07 Å². The van der Waals surface area contributed by atoms with Gasteiger partial charge in [-0.1, -0.05) is 57.1 Å². The van der Waals surface area contributed by atoms with E-state index < -0.39 is 5.97 Å². The Morgan fingerprint density at radius 1 is 0.840 bits per heavy atom. The van der Waals surface area contributed by atoms with E-state index in [9.17, 15) is 4.79 Å². The third-order valence-electron chi connectivity index (χ3n) is 4.55. The predicted molar refractivity (Wildman–Crippen MR) is 104 cm³/mol. The molecule has 1 heterocycles. The molecule has 25 heavy (non-hydrogen) atoms. The summed E-state index contributed by atoms with van der Waals surface area (Å²) < 4.78 is 5.34. The summed E-state index contributed by atoms with van der Waals surface area (Å²) in [6, 6.07) is 4.02. The Morgan fingerprint density at radius 2 is 1.40 bits per heavy atom. The summed E-state index contributed by atoms with van der Waals surface area (Å²) >= 11 is 0. The summed E-state index contributed by atoms with van der Waals surface area (Å²) in [5.41, 5.74) is 0. The van der Waals surface area contributed by atoms with Gasteiger partial charge in [0.05, 0.1) is 6.26 Å². The van der Waals surface area contributed by atoms with Crippen LogP contribution >= 0.6 is 0 Å². The topological polar surface area (TPSA) is 50.4 Å². The van der Waals surface area contributed by atoms with Crippen LogP contribution in [0.5, 0.6) is 0 Å². The maximum absolute atomic E-state index is 10.4. The molecule has 0 unspecified atom stereocenters. The van der Waals surface area contributed by atoms with E-state index in [2.05, 4.69) is 18.2 Å². The molecule has 3 nitrogen and oxygen atoms in total. The standard InChI is InChI=1S/C22H36O3/c23-22(24)19-15-13-11-9-7-5-3-1-2-4-6-8-10-12-14-17-21-18-16-20-25-21/h1,3,16,18,20H,2,4-15,17,19H2,(H,23,24)/b3-1-. The van der Waals surface area contributed by atoms with Crippen molar-refractivity contribution in [2.24, 2.45) is 0 Å². The van der Waals surface area contributed by atoms with Gasteiger partial charge in [-0.05, 0) is 50.7 Å². The zero-order valence-electron chi connectivity index (χ0n) is 15.8. The van der Waals surface area contributed by atoms with Gasteiger partial charge in [0, 0.05) is 12.8 Å². The molecule has 142 valence electrons. The van der Waals surface area contributed by atoms with Gasteiger partial charge in [-0.25, -0.2) is 0 Å². The van der Waals surface area contributed by atoms with Crippen LogP contribution in [-0.4, -0.2) is 11.1 Å². The third-order valence-corrected chi connectivity index (χ3v) is 4.55. The van der Waals surface area contributed by atoms with Crippen LogP contribution in [0, 0.1) is 0 Å². The van der Waals surface area contributed by atoms with Gasteiger partial charge in [-0.15, -0.1) is 0 Å². The van der Waals surface area contributed by atoms with E-state index in [0.29, 0.717) is 6.42 Å². The number of aliphatic carboxylic acids is 1. The van der Waals surface area contributed by atoms with Gasteiger partial charge in [0.15, 0.2) is 0 Å². The van der Waals surface area contributed by atoms with Crippen molar-refractivity contribution in [2.45, 2.75) is 96.3 Å². The second kappa shape index (κ2) is 16.0. The Morgan fingerprint density at radius 3 is 1.96 bits per heavy atom. The first-order valence-electron chi connectivity index (χ1n) is 10.2. The highest BCUT2D eigenvalue weighted by molar-refractivity contribution is 5.66. The molecule has 0 saturated carbocycles. The zero-order chi connectivity index (χ0) is 18.0. The molecule has 0 saturated heterocycles. The number of hydrogen-bond acceptors (Lipinski definition) is 2. The number of unbranched alkanes of at least 4 members (excludes halogenated alkanes) is 11. The third kappa shape index (κ3) is 14.5. The molecular weight excluding hydrogens is 312 g/mol. The molecular formula is C22H36O3. The summed E-state index contributed by atoms with van der Waals surface area (Å²) in [5.74, 6) is 0.446. The summed E-state index contributed by atoms with van der Waals surface area (Å²) in [7, 11) is 0. The summed E-state index contributed by atoms with van der Waals surface area (Å²) in [4.78, 5) is 10.4. The highest BCUT2D eigenvalue weighted by Gasteiger charge is 1.97. The van der Waals surface area contributed by atoms with Crippen molar-refractivity contribution in [3.63, 3.8) is 0 Å². The lowest BCUT2D eigenvalue weighted by molar-refractivity contribution is -0.137. The number of rotatable bonds is 17. The fourth-order valence-corrected chi connectivity index (χ4v) is 3.03. The number of allylic oxidation sites excluding steroid dienone is 2. The molecule has 1 N–H and O–H groups in total. The number of carboxylic acids is 1. The maximum Gasteiger partial charge on any atom is 0.303 e. The first-order chi connectivity index (χ1) is 12.3. The lowest BCUT2D eigenvalue weighted by atomic mass is 10.1. The van der Waals surface area contributed by atoms with Gasteiger partial charge in [0.1, 0.15) is 5.76 Å². The summed E-state index contributed by atoms with van der Waals surface area (Å²) in [6.07, 6.45) is 23.6. The van der Waals surface area contributed by atoms with Gasteiger partial charge in [-0.2, -0.15) is 0 Å². The monoisotopic (exact) mass is 348 g/mol. The highest BCUT2D eigenvalue weighted by atomic mass is 16.4. The van der Waals surface area contributed by atoms with Gasteiger partial charge in [0.25, 0.3) is 0 Å². The van der Waals surface area contributed by atoms with Crippen LogP contribution in [-0.2, 0) is 11.2 Å². The smallest absolute Gasteiger partial charge is 0.303 e. The molecule has 1 aromatic rings. The van der Waals surface area contributed by atoms with Crippen molar-refractivity contribution < 1.29 is 14.3 Å². The number of carboxylic acid groups (broad SMARTS) is 1. The molecule has 0 atom stereocenters. The van der Waals surface area contributed by atoms with E-state index in [4.69, 9.17) is 9.52 Å². The van der Waals surface area contributed by atoms with Crippen LogP contribution in [0.1, 0.15) is 95.7 Å². The number of carbonyl (C=O) groups is 1. The average Bonchev–Trinajstić information content (AvgIpc) is 3.11. The zero-order valence-corrected chi connectivity index (χ0v) is 15.8. The second-order valence-electron chi connectivity index (χ2n) is 6.91. The molecule has 1 aromatic heterocycles. The highest BCUT2D eigenvalue weighted by Crippen LogP contribution is 2.12. The molecule has 1 rings (SSSR count). The second-order valence-corrected chi connectivity index (χ2v) is 6.91. The van der Waals surface area contributed by atoms with Crippen LogP contribution in [0.4, 0.5) is 0 Å². The van der Waals surface area contributed by atoms with Crippen LogP contribution < -0.4 is 0 Å². The average molecular weight is 349 g/mol. The van der Waals surface area contributed by atoms with Crippen molar-refractivity contribution in [1.82, 2.24) is 0 Å². The number of aryl methyl sites for hydroxylation is 1. The summed E-state index contributed by atoms with van der Waals surface area (Å²) in [6.45, 7) is 0. The van der Waals surface area contributed by atoms with E-state index in [1.54, 1.807) is 6.26 Å². The minimum atomic E-state index is -0.670. The SMILES string of the molecule is O=C(O)CCCCCCC/C=C\CCCCCCCCc1ccco1. The van der Waals surface area contributed by atoms with Crippen LogP contribution in [0.25, 0.3) is 0 Å². The van der Waals surface area contributed by atoms with Crippen LogP contribution in [0.15, 0.2) is 35.0 Å². The number of hydrogen-bond donors (Lipinski definition) is 1. The largest absolute Gasteiger partial charge is 0.481 e. The van der Waals surface area contributed by atoms with Gasteiger partial charge in [-0.3, -0.25) is 4.79 Å². The quantitative estimate of drug-likeness (QED) is 0.245. The predicted octanol–water partition coefficient (Wildman–Crippen LogP) is 6.92. The van der Waals surface area contributed by atoms with Gasteiger partial charge >= 0.3 is 5.97 Å². The van der Waals surface area contributed by atoms with E-state index in [-0.39, 0.29) is 0 Å². The first kappa shape index (κ1) is 21.5. The molecule has 0 spiro atoms. The molecule has 0 aliphatic carbocycles. The minimum Gasteiger partial charge on any atom is -0.481 e. The van der Waals surface area contributed by atoms with Crippen molar-refractivity contribution in [3.8, 4) is 0 Å². The normalized spacial score (nSPS) is 11.4. The molecule has 0 fully saturated rings. The molecule has 0 aliphatic rings. The molecule has 3 heteroatoms. The van der Waals surface area contributed by atoms with Crippen LogP contribution in [0.3, 0.4) is 0 Å². The lowest BCUT2D eigenvalue weighted by Crippen LogP contribution is -1.93. The van der Waals surface area contributed by atoms with Crippen molar-refractivity contribution in [1.29, 1.82) is 0 Å². The molecule has 0 aliphatic heterocycles. The van der Waals surface area contributed by atoms with Crippen molar-refractivity contribution >= 4 is 5.97 Å². The lowest BCUT2D eigenvalue weighted by Gasteiger charge is -2.00. The van der Waals surface area contributed by atoms with E-state index >= 15 is 0 Å². The Kier molecular flexibility index (Phi) is 13.8. The Hall–Kier alpha value is -1.51. The van der Waals surface area contributed by atoms with E-state index in [1.165, 1.54) is 70.6 Å². The van der Waals surface area contributed by atoms with Crippen molar-refractivity contribution in [2.75, 3.05) is 0 Å².